The van der Waals surface area contributed by atoms with Crippen molar-refractivity contribution in [2.75, 3.05) is 0 Å². The molecule has 0 aromatic carbocycles. The smallest absolute Gasteiger partial charge is 0.179 e. The quantitative estimate of drug-likeness (QED) is 0.764. The van der Waals surface area contributed by atoms with Crippen LogP contribution in [0.1, 0.15) is 61.6 Å². The second-order valence-electron chi connectivity index (χ2n) is 7.29. The molecule has 1 aromatic heterocycles. The molecule has 0 aliphatic heterocycles. The Morgan fingerprint density at radius 2 is 1.74 bits per heavy atom. The van der Waals surface area contributed by atoms with Crippen molar-refractivity contribution in [3.05, 3.63) is 17.5 Å². The molecular formula is C16H22N2O. The van der Waals surface area contributed by atoms with Gasteiger partial charge in [0.15, 0.2) is 5.78 Å². The van der Waals surface area contributed by atoms with Crippen LogP contribution >= 0.6 is 0 Å². The van der Waals surface area contributed by atoms with E-state index in [1.807, 2.05) is 11.7 Å². The molecule has 4 aliphatic carbocycles. The predicted molar refractivity (Wildman–Crippen MR) is 73.1 cm³/mol. The Morgan fingerprint density at radius 3 is 2.16 bits per heavy atom. The summed E-state index contributed by atoms with van der Waals surface area (Å²) in [6.07, 6.45) is 8.35. The summed E-state index contributed by atoms with van der Waals surface area (Å²) in [5.41, 5.74) is 2.31. The first kappa shape index (κ1) is 11.7. The van der Waals surface area contributed by atoms with Gasteiger partial charge in [-0.3, -0.25) is 9.48 Å². The molecule has 1 aromatic rings. The van der Waals surface area contributed by atoms with Gasteiger partial charge < -0.3 is 0 Å². The normalized spacial score (nSPS) is 39.8. The molecule has 0 radical (unpaired) electrons. The Balaban J connectivity index is 1.77. The van der Waals surface area contributed by atoms with Gasteiger partial charge in [0.2, 0.25) is 0 Å². The van der Waals surface area contributed by atoms with Gasteiger partial charge in [-0.15, -0.1) is 0 Å². The molecule has 0 unspecified atom stereocenters. The fraction of sp³-hybridized carbons (Fsp3) is 0.750. The fourth-order valence-corrected chi connectivity index (χ4v) is 5.56. The Morgan fingerprint density at radius 1 is 1.21 bits per heavy atom. The number of nitrogens with zero attached hydrogens (tertiary/aromatic N) is 2. The van der Waals surface area contributed by atoms with Gasteiger partial charge in [-0.2, -0.15) is 5.10 Å². The zero-order valence-electron chi connectivity index (χ0n) is 11.9. The molecule has 0 N–H and O–H groups in total. The van der Waals surface area contributed by atoms with E-state index in [4.69, 9.17) is 0 Å². The largest absolute Gasteiger partial charge is 0.293 e. The summed E-state index contributed by atoms with van der Waals surface area (Å²) < 4.78 is 1.99. The standard InChI is InChI=1S/C16H22N2O/c1-10(19)14-6-15(18(2)17-14)16-7-11-3-12(8-16)5-13(4-11)9-16/h6,11-13H,3-5,7-9H2,1-2H3. The first-order valence-corrected chi connectivity index (χ1v) is 7.61. The van der Waals surface area contributed by atoms with E-state index < -0.39 is 0 Å². The summed E-state index contributed by atoms with van der Waals surface area (Å²) in [6.45, 7) is 1.62. The third kappa shape index (κ3) is 1.63. The molecule has 5 rings (SSSR count). The van der Waals surface area contributed by atoms with E-state index in [1.165, 1.54) is 44.2 Å². The molecule has 0 saturated heterocycles. The number of aromatic nitrogens is 2. The summed E-state index contributed by atoms with van der Waals surface area (Å²) in [7, 11) is 2.01. The lowest BCUT2D eigenvalue weighted by molar-refractivity contribution is -0.00887. The molecule has 4 saturated carbocycles. The van der Waals surface area contributed by atoms with E-state index >= 15 is 0 Å². The highest BCUT2D eigenvalue weighted by Gasteiger charge is 2.52. The van der Waals surface area contributed by atoms with E-state index in [1.54, 1.807) is 6.92 Å². The number of carbonyl (C=O) groups excluding carboxylic acids is 1. The van der Waals surface area contributed by atoms with E-state index in [-0.39, 0.29) is 5.78 Å². The minimum absolute atomic E-state index is 0.0894. The predicted octanol–water partition coefficient (Wildman–Crippen LogP) is 3.09. The molecule has 4 bridgehead atoms. The molecule has 19 heavy (non-hydrogen) atoms. The Bertz CT molecular complexity index is 508. The number of aryl methyl sites for hydroxylation is 1. The van der Waals surface area contributed by atoms with Crippen LogP contribution in [0.3, 0.4) is 0 Å². The first-order valence-electron chi connectivity index (χ1n) is 7.61. The van der Waals surface area contributed by atoms with Gasteiger partial charge in [-0.05, 0) is 62.3 Å². The molecule has 3 heteroatoms. The molecule has 4 aliphatic rings. The summed E-state index contributed by atoms with van der Waals surface area (Å²) >= 11 is 0. The maximum Gasteiger partial charge on any atom is 0.179 e. The van der Waals surface area contributed by atoms with Crippen LogP contribution in [0.25, 0.3) is 0 Å². The number of ketones is 1. The van der Waals surface area contributed by atoms with Crippen molar-refractivity contribution >= 4 is 5.78 Å². The van der Waals surface area contributed by atoms with E-state index in [9.17, 15) is 4.79 Å². The lowest BCUT2D eigenvalue weighted by atomic mass is 9.49. The van der Waals surface area contributed by atoms with Gasteiger partial charge in [0.05, 0.1) is 0 Å². The van der Waals surface area contributed by atoms with Crippen LogP contribution in [0.5, 0.6) is 0 Å². The molecule has 102 valence electrons. The highest BCUT2D eigenvalue weighted by atomic mass is 16.1. The van der Waals surface area contributed by atoms with Crippen LogP contribution in [0.15, 0.2) is 6.07 Å². The van der Waals surface area contributed by atoms with Gasteiger partial charge in [-0.25, -0.2) is 0 Å². The molecule has 1 heterocycles. The number of rotatable bonds is 2. The van der Waals surface area contributed by atoms with Crippen LogP contribution in [-0.2, 0) is 12.5 Å². The third-order valence-corrected chi connectivity index (χ3v) is 5.82. The summed E-state index contributed by atoms with van der Waals surface area (Å²) in [6, 6.07) is 2.08. The minimum Gasteiger partial charge on any atom is -0.293 e. The summed E-state index contributed by atoms with van der Waals surface area (Å²) in [4.78, 5) is 11.6. The van der Waals surface area contributed by atoms with E-state index in [0.717, 1.165) is 17.8 Å². The van der Waals surface area contributed by atoms with Crippen molar-refractivity contribution in [3.63, 3.8) is 0 Å². The van der Waals surface area contributed by atoms with Crippen LogP contribution in [-0.4, -0.2) is 15.6 Å². The third-order valence-electron chi connectivity index (χ3n) is 5.82. The van der Waals surface area contributed by atoms with Crippen molar-refractivity contribution in [3.8, 4) is 0 Å². The second kappa shape index (κ2) is 3.71. The van der Waals surface area contributed by atoms with Crippen molar-refractivity contribution < 1.29 is 4.79 Å². The molecule has 0 amide bonds. The summed E-state index contributed by atoms with van der Waals surface area (Å²) in [5, 5.41) is 4.43. The number of Topliss-reactive ketones (excluding diaryl/α,β-unsaturated/α-hetero) is 1. The van der Waals surface area contributed by atoms with Crippen LogP contribution in [0.4, 0.5) is 0 Å². The van der Waals surface area contributed by atoms with Gasteiger partial charge in [0.25, 0.3) is 0 Å². The first-order chi connectivity index (χ1) is 9.06. The number of hydrogen-bond donors (Lipinski definition) is 0. The van der Waals surface area contributed by atoms with Gasteiger partial charge in [0.1, 0.15) is 5.69 Å². The molecule has 3 nitrogen and oxygen atoms in total. The molecule has 0 atom stereocenters. The van der Waals surface area contributed by atoms with Gasteiger partial charge in [0, 0.05) is 25.1 Å². The highest BCUT2D eigenvalue weighted by molar-refractivity contribution is 5.92. The van der Waals surface area contributed by atoms with Crippen molar-refractivity contribution in [2.45, 2.75) is 50.9 Å². The summed E-state index contributed by atoms with van der Waals surface area (Å²) in [5.74, 6) is 2.89. The van der Waals surface area contributed by atoms with Crippen molar-refractivity contribution in [2.24, 2.45) is 24.8 Å². The fourth-order valence-electron chi connectivity index (χ4n) is 5.56. The highest BCUT2D eigenvalue weighted by Crippen LogP contribution is 2.60. The topological polar surface area (TPSA) is 34.9 Å². The van der Waals surface area contributed by atoms with E-state index in [0.29, 0.717) is 11.1 Å². The monoisotopic (exact) mass is 258 g/mol. The number of hydrogen-bond acceptors (Lipinski definition) is 2. The van der Waals surface area contributed by atoms with Crippen LogP contribution < -0.4 is 0 Å². The zero-order chi connectivity index (χ0) is 13.2. The second-order valence-corrected chi connectivity index (χ2v) is 7.29. The number of carbonyl (C=O) groups is 1. The molecule has 0 spiro atoms. The Kier molecular flexibility index (Phi) is 2.28. The Hall–Kier alpha value is -1.12. The van der Waals surface area contributed by atoms with Gasteiger partial charge in [-0.1, -0.05) is 0 Å². The average Bonchev–Trinajstić information content (AvgIpc) is 2.70. The van der Waals surface area contributed by atoms with Crippen molar-refractivity contribution in [1.82, 2.24) is 9.78 Å². The SMILES string of the molecule is CC(=O)c1cc(C23CC4CC(CC(C4)C2)C3)n(C)n1. The molecule has 4 fully saturated rings. The van der Waals surface area contributed by atoms with Crippen molar-refractivity contribution in [1.29, 1.82) is 0 Å². The van der Waals surface area contributed by atoms with Gasteiger partial charge >= 0.3 is 0 Å². The van der Waals surface area contributed by atoms with Crippen LogP contribution in [0.2, 0.25) is 0 Å². The average molecular weight is 258 g/mol. The lowest BCUT2D eigenvalue weighted by Crippen LogP contribution is -2.49. The zero-order valence-corrected chi connectivity index (χ0v) is 11.9. The Labute approximate surface area is 114 Å². The maximum atomic E-state index is 11.6. The van der Waals surface area contributed by atoms with Crippen LogP contribution in [0, 0.1) is 17.8 Å². The van der Waals surface area contributed by atoms with E-state index in [2.05, 4.69) is 11.2 Å². The lowest BCUT2D eigenvalue weighted by Gasteiger charge is -2.56. The maximum absolute atomic E-state index is 11.6. The minimum atomic E-state index is 0.0894. The molecular weight excluding hydrogens is 236 g/mol.